The minimum absolute atomic E-state index is 0.0762. The molecule has 8 atom stereocenters. The molecule has 3 saturated carbocycles. The van der Waals surface area contributed by atoms with Crippen LogP contribution in [0.25, 0.3) is 10.4 Å². The number of allylic oxidation sites excluding steroid dienone is 1. The van der Waals surface area contributed by atoms with Gasteiger partial charge >= 0.3 is 6.09 Å². The number of fused-ring (bicyclic) bond motifs is 5. The van der Waals surface area contributed by atoms with E-state index in [1.165, 1.54) is 5.57 Å². The van der Waals surface area contributed by atoms with E-state index >= 15 is 0 Å². The zero-order valence-corrected chi connectivity index (χ0v) is 20.1. The molecule has 0 saturated heterocycles. The number of aliphatic hydroxyl groups is 2. The normalized spacial score (nSPS) is 44.5. The summed E-state index contributed by atoms with van der Waals surface area (Å²) in [5.74, 6) is 1.00. The van der Waals surface area contributed by atoms with Gasteiger partial charge in [0.2, 0.25) is 0 Å². The third kappa shape index (κ3) is 3.47. The molecule has 0 aliphatic heterocycles. The van der Waals surface area contributed by atoms with Crippen molar-refractivity contribution in [2.24, 2.45) is 38.8 Å². The largest absolute Gasteiger partial charge is 0.449 e. The molecular formula is C24H37N5O4. The Morgan fingerprint density at radius 1 is 1.30 bits per heavy atom. The molecule has 0 aromatic rings. The van der Waals surface area contributed by atoms with Crippen molar-refractivity contribution in [2.75, 3.05) is 6.61 Å². The van der Waals surface area contributed by atoms with Crippen LogP contribution in [-0.4, -0.2) is 46.4 Å². The highest BCUT2D eigenvalue weighted by Crippen LogP contribution is 2.68. The predicted molar refractivity (Wildman–Crippen MR) is 124 cm³/mol. The summed E-state index contributed by atoms with van der Waals surface area (Å²) in [5.41, 5.74) is 12.1. The maximum absolute atomic E-state index is 11.8. The smallest absolute Gasteiger partial charge is 0.427 e. The van der Waals surface area contributed by atoms with Crippen LogP contribution >= 0.6 is 0 Å². The first-order valence-corrected chi connectivity index (χ1v) is 12.2. The van der Waals surface area contributed by atoms with Crippen LogP contribution < -0.4 is 5.43 Å². The molecule has 182 valence electrons. The molecule has 0 aromatic carbocycles. The molecule has 0 spiro atoms. The summed E-state index contributed by atoms with van der Waals surface area (Å²) in [6.07, 6.45) is 6.31. The van der Waals surface area contributed by atoms with E-state index in [-0.39, 0.29) is 24.0 Å². The summed E-state index contributed by atoms with van der Waals surface area (Å²) < 4.78 is 4.90. The van der Waals surface area contributed by atoms with Crippen molar-refractivity contribution < 1.29 is 19.7 Å². The fourth-order valence-electron chi connectivity index (χ4n) is 8.02. The van der Waals surface area contributed by atoms with Crippen LogP contribution in [0.2, 0.25) is 0 Å². The molecule has 4 aliphatic rings. The highest BCUT2D eigenvalue weighted by atomic mass is 16.5. The van der Waals surface area contributed by atoms with Crippen molar-refractivity contribution in [3.05, 3.63) is 22.1 Å². The van der Waals surface area contributed by atoms with Crippen LogP contribution in [0.15, 0.2) is 21.9 Å². The Labute approximate surface area is 195 Å². The number of nitrogens with zero attached hydrogens (tertiary/aromatic N) is 4. The quantitative estimate of drug-likeness (QED) is 0.143. The molecule has 0 heterocycles. The summed E-state index contributed by atoms with van der Waals surface area (Å²) in [5, 5.41) is 30.1. The molecule has 0 radical (unpaired) electrons. The van der Waals surface area contributed by atoms with E-state index in [0.717, 1.165) is 38.5 Å². The van der Waals surface area contributed by atoms with Crippen LogP contribution in [0, 0.1) is 28.6 Å². The summed E-state index contributed by atoms with van der Waals surface area (Å²) in [4.78, 5) is 15.0. The first kappa shape index (κ1) is 24.0. The zero-order valence-electron chi connectivity index (χ0n) is 20.1. The van der Waals surface area contributed by atoms with Gasteiger partial charge in [0.15, 0.2) is 0 Å². The molecule has 4 aliphatic carbocycles. The molecule has 0 bridgehead atoms. The second kappa shape index (κ2) is 8.60. The molecule has 0 unspecified atom stereocenters. The Morgan fingerprint density at radius 3 is 2.76 bits per heavy atom. The van der Waals surface area contributed by atoms with Crippen molar-refractivity contribution in [1.82, 2.24) is 5.43 Å². The van der Waals surface area contributed by atoms with Gasteiger partial charge < -0.3 is 14.9 Å². The van der Waals surface area contributed by atoms with Crippen molar-refractivity contribution >= 4 is 11.8 Å². The third-order valence-corrected chi connectivity index (χ3v) is 9.64. The van der Waals surface area contributed by atoms with Crippen LogP contribution in [0.5, 0.6) is 0 Å². The molecule has 3 fully saturated rings. The second-order valence-corrected chi connectivity index (χ2v) is 10.8. The number of azide groups is 1. The standard InChI is InChI=1S/C24H37N5O4/c1-5-33-21(32)27-26-14(2)24(28-29-25)20(31)13-19-17-7-6-15-12-16(30)8-10-22(15,3)18(17)9-11-23(19,24)4/h6,16-20,30-31H,5,7-13H2,1-4H3,(H,27,32)/b26-14-/t16-,17+,18-,19-,20+,22-,23-,24+/m0/s1. The van der Waals surface area contributed by atoms with Gasteiger partial charge in [-0.2, -0.15) is 5.10 Å². The minimum Gasteiger partial charge on any atom is -0.449 e. The van der Waals surface area contributed by atoms with Crippen molar-refractivity contribution in [1.29, 1.82) is 0 Å². The molecular weight excluding hydrogens is 422 g/mol. The van der Waals surface area contributed by atoms with Crippen molar-refractivity contribution in [3.8, 4) is 0 Å². The van der Waals surface area contributed by atoms with E-state index < -0.39 is 23.2 Å². The number of amides is 1. The average molecular weight is 460 g/mol. The van der Waals surface area contributed by atoms with Crippen LogP contribution in [-0.2, 0) is 4.74 Å². The first-order valence-electron chi connectivity index (χ1n) is 12.2. The zero-order chi connectivity index (χ0) is 24.0. The van der Waals surface area contributed by atoms with E-state index in [4.69, 9.17) is 4.74 Å². The average Bonchev–Trinajstić information content (AvgIpc) is 3.00. The van der Waals surface area contributed by atoms with E-state index in [1.54, 1.807) is 13.8 Å². The lowest BCUT2D eigenvalue weighted by Gasteiger charge is -2.59. The molecule has 0 aromatic heterocycles. The maximum Gasteiger partial charge on any atom is 0.427 e. The van der Waals surface area contributed by atoms with E-state index in [0.29, 0.717) is 24.0 Å². The van der Waals surface area contributed by atoms with Gasteiger partial charge in [-0.25, -0.2) is 10.2 Å². The van der Waals surface area contributed by atoms with Gasteiger partial charge in [0.05, 0.1) is 24.5 Å². The van der Waals surface area contributed by atoms with Gasteiger partial charge in [0.25, 0.3) is 0 Å². The number of hydrazone groups is 1. The highest BCUT2D eigenvalue weighted by molar-refractivity contribution is 5.94. The van der Waals surface area contributed by atoms with Gasteiger partial charge in [-0.15, -0.1) is 0 Å². The van der Waals surface area contributed by atoms with Crippen molar-refractivity contribution in [3.63, 3.8) is 0 Å². The van der Waals surface area contributed by atoms with Crippen LogP contribution in [0.1, 0.15) is 72.6 Å². The van der Waals surface area contributed by atoms with E-state index in [1.807, 2.05) is 0 Å². The van der Waals surface area contributed by atoms with Gasteiger partial charge in [0.1, 0.15) is 5.54 Å². The number of aliphatic hydroxyl groups excluding tert-OH is 2. The summed E-state index contributed by atoms with van der Waals surface area (Å²) in [7, 11) is 0. The third-order valence-electron chi connectivity index (χ3n) is 9.64. The van der Waals surface area contributed by atoms with Gasteiger partial charge in [-0.3, -0.25) is 0 Å². The topological polar surface area (TPSA) is 140 Å². The minimum atomic E-state index is -1.23. The Bertz CT molecular complexity index is 915. The first-order chi connectivity index (χ1) is 15.6. The Kier molecular flexibility index (Phi) is 6.27. The molecule has 9 nitrogen and oxygen atoms in total. The van der Waals surface area contributed by atoms with Gasteiger partial charge in [0, 0.05) is 4.91 Å². The maximum atomic E-state index is 11.8. The lowest BCUT2D eigenvalue weighted by molar-refractivity contribution is -0.0474. The number of hydrogen-bond donors (Lipinski definition) is 3. The van der Waals surface area contributed by atoms with Crippen LogP contribution in [0.3, 0.4) is 0 Å². The molecule has 4 rings (SSSR count). The Morgan fingerprint density at radius 2 is 2.06 bits per heavy atom. The number of hydrogen-bond acceptors (Lipinski definition) is 6. The lowest BCUT2D eigenvalue weighted by atomic mass is 9.46. The van der Waals surface area contributed by atoms with Gasteiger partial charge in [-0.1, -0.05) is 30.6 Å². The fourth-order valence-corrected chi connectivity index (χ4v) is 8.02. The summed E-state index contributed by atoms with van der Waals surface area (Å²) >= 11 is 0. The number of nitrogens with one attached hydrogen (secondary N) is 1. The summed E-state index contributed by atoms with van der Waals surface area (Å²) in [6, 6.07) is 0. The fraction of sp³-hybridized carbons (Fsp3) is 0.833. The molecule has 1 amide bonds. The molecule has 9 heteroatoms. The van der Waals surface area contributed by atoms with E-state index in [2.05, 4.69) is 40.5 Å². The number of carbonyl (C=O) groups excluding carboxylic acids is 1. The predicted octanol–water partition coefficient (Wildman–Crippen LogP) is 4.45. The Balaban J connectivity index is 1.70. The Hall–Kier alpha value is -2.09. The number of ether oxygens (including phenoxy) is 1. The molecule has 3 N–H and O–H groups in total. The second-order valence-electron chi connectivity index (χ2n) is 10.8. The van der Waals surface area contributed by atoms with Crippen LogP contribution in [0.4, 0.5) is 4.79 Å². The number of rotatable bonds is 4. The van der Waals surface area contributed by atoms with Crippen molar-refractivity contribution in [2.45, 2.75) is 90.4 Å². The molecule has 33 heavy (non-hydrogen) atoms. The lowest BCUT2D eigenvalue weighted by Crippen LogP contribution is -2.58. The van der Waals surface area contributed by atoms with Gasteiger partial charge in [-0.05, 0) is 92.9 Å². The number of carbonyl (C=O) groups is 1. The SMILES string of the molecule is CCOC(=O)N/N=C(/C)[C@@]1(N=[N+]=[N-])[C@H](O)C[C@H]2[C@@H]3CC=C4C[C@@H](O)CC[C@]4(C)[C@H]3CC[C@@]21C. The van der Waals surface area contributed by atoms with E-state index in [9.17, 15) is 20.5 Å². The monoisotopic (exact) mass is 459 g/mol. The summed E-state index contributed by atoms with van der Waals surface area (Å²) in [6.45, 7) is 8.12. The highest BCUT2D eigenvalue weighted by Gasteiger charge is 2.68.